The molecule has 0 spiro atoms. The number of hydrogen-bond acceptors (Lipinski definition) is 1. The number of amides is 1. The Hall–Kier alpha value is -1.31. The van der Waals surface area contributed by atoms with E-state index in [0.29, 0.717) is 12.3 Å². The minimum absolute atomic E-state index is 0.172. The third kappa shape index (κ3) is 1.95. The standard InChI is InChI=1S/C12H15NO/c13-12(14)8-9-5-6-10-3-1-2-4-11(10)7-9/h1-4,9H,5-8H2,(H2,13,14). The Kier molecular flexibility index (Phi) is 2.53. The van der Waals surface area contributed by atoms with Crippen LogP contribution in [0.15, 0.2) is 24.3 Å². The lowest BCUT2D eigenvalue weighted by atomic mass is 9.82. The topological polar surface area (TPSA) is 43.1 Å². The largest absolute Gasteiger partial charge is 0.370 e. The van der Waals surface area contributed by atoms with Gasteiger partial charge < -0.3 is 5.73 Å². The molecule has 0 radical (unpaired) electrons. The van der Waals surface area contributed by atoms with Gasteiger partial charge in [0.05, 0.1) is 0 Å². The van der Waals surface area contributed by atoms with E-state index in [0.717, 1.165) is 19.3 Å². The molecule has 74 valence electrons. The van der Waals surface area contributed by atoms with Crippen LogP contribution < -0.4 is 5.73 Å². The van der Waals surface area contributed by atoms with E-state index >= 15 is 0 Å². The number of benzene rings is 1. The van der Waals surface area contributed by atoms with Gasteiger partial charge in [0.1, 0.15) is 0 Å². The third-order valence-corrected chi connectivity index (χ3v) is 2.94. The second kappa shape index (κ2) is 3.82. The highest BCUT2D eigenvalue weighted by molar-refractivity contribution is 5.74. The summed E-state index contributed by atoms with van der Waals surface area (Å²) in [5, 5.41) is 0. The van der Waals surface area contributed by atoms with E-state index in [1.165, 1.54) is 11.1 Å². The van der Waals surface area contributed by atoms with Crippen molar-refractivity contribution in [3.63, 3.8) is 0 Å². The lowest BCUT2D eigenvalue weighted by Crippen LogP contribution is -2.21. The average Bonchev–Trinajstić information content (AvgIpc) is 2.17. The van der Waals surface area contributed by atoms with Gasteiger partial charge in [0.15, 0.2) is 0 Å². The SMILES string of the molecule is NC(=O)CC1CCc2ccccc2C1. The molecule has 2 rings (SSSR count). The highest BCUT2D eigenvalue weighted by Crippen LogP contribution is 2.26. The second-order valence-corrected chi connectivity index (χ2v) is 4.05. The summed E-state index contributed by atoms with van der Waals surface area (Å²) in [6, 6.07) is 8.47. The molecule has 2 N–H and O–H groups in total. The summed E-state index contributed by atoms with van der Waals surface area (Å²) in [5.74, 6) is 0.289. The molecule has 0 aromatic heterocycles. The van der Waals surface area contributed by atoms with Gasteiger partial charge in [-0.25, -0.2) is 0 Å². The smallest absolute Gasteiger partial charge is 0.217 e. The number of carbonyl (C=O) groups is 1. The number of hydrogen-bond donors (Lipinski definition) is 1. The van der Waals surface area contributed by atoms with Crippen molar-refractivity contribution in [3.05, 3.63) is 35.4 Å². The molecule has 0 saturated heterocycles. The van der Waals surface area contributed by atoms with E-state index in [9.17, 15) is 4.79 Å². The highest BCUT2D eigenvalue weighted by atomic mass is 16.1. The molecule has 0 bridgehead atoms. The van der Waals surface area contributed by atoms with Gasteiger partial charge in [-0.3, -0.25) is 4.79 Å². The first-order chi connectivity index (χ1) is 6.75. The lowest BCUT2D eigenvalue weighted by Gasteiger charge is -2.23. The van der Waals surface area contributed by atoms with Crippen molar-refractivity contribution in [2.75, 3.05) is 0 Å². The average molecular weight is 189 g/mol. The van der Waals surface area contributed by atoms with Crippen molar-refractivity contribution in [1.82, 2.24) is 0 Å². The molecule has 2 heteroatoms. The van der Waals surface area contributed by atoms with Gasteiger partial charge in [-0.15, -0.1) is 0 Å². The molecule has 1 aliphatic carbocycles. The normalized spacial score (nSPS) is 20.1. The molecule has 0 saturated carbocycles. The third-order valence-electron chi connectivity index (χ3n) is 2.94. The number of aryl methyl sites for hydroxylation is 1. The van der Waals surface area contributed by atoms with E-state index in [4.69, 9.17) is 5.73 Å². The van der Waals surface area contributed by atoms with Crippen LogP contribution in [0.5, 0.6) is 0 Å². The molecule has 1 atom stereocenters. The van der Waals surface area contributed by atoms with Gasteiger partial charge in [0.2, 0.25) is 5.91 Å². The molecule has 1 amide bonds. The quantitative estimate of drug-likeness (QED) is 0.755. The van der Waals surface area contributed by atoms with Crippen LogP contribution in [0, 0.1) is 5.92 Å². The Labute approximate surface area is 84.1 Å². The van der Waals surface area contributed by atoms with Crippen LogP contribution in [0.4, 0.5) is 0 Å². The zero-order valence-corrected chi connectivity index (χ0v) is 8.20. The molecule has 0 heterocycles. The van der Waals surface area contributed by atoms with Crippen molar-refractivity contribution < 1.29 is 4.79 Å². The van der Waals surface area contributed by atoms with Crippen molar-refractivity contribution >= 4 is 5.91 Å². The van der Waals surface area contributed by atoms with Crippen LogP contribution in [0.3, 0.4) is 0 Å². The number of nitrogens with two attached hydrogens (primary N) is 1. The fraction of sp³-hybridized carbons (Fsp3) is 0.417. The predicted molar refractivity (Wildman–Crippen MR) is 55.8 cm³/mol. The van der Waals surface area contributed by atoms with Crippen LogP contribution in [-0.2, 0) is 17.6 Å². The summed E-state index contributed by atoms with van der Waals surface area (Å²) in [6.07, 6.45) is 3.74. The Bertz CT molecular complexity index is 346. The van der Waals surface area contributed by atoms with Crippen molar-refractivity contribution in [3.8, 4) is 0 Å². The van der Waals surface area contributed by atoms with Crippen LogP contribution in [-0.4, -0.2) is 5.91 Å². The second-order valence-electron chi connectivity index (χ2n) is 4.05. The molecular formula is C12H15NO. The maximum atomic E-state index is 10.8. The predicted octanol–water partition coefficient (Wildman–Crippen LogP) is 1.67. The highest BCUT2D eigenvalue weighted by Gasteiger charge is 2.19. The van der Waals surface area contributed by atoms with Crippen molar-refractivity contribution in [2.24, 2.45) is 11.7 Å². The number of carbonyl (C=O) groups excluding carboxylic acids is 1. The van der Waals surface area contributed by atoms with E-state index in [1.54, 1.807) is 0 Å². The molecule has 1 aromatic carbocycles. The fourth-order valence-electron chi connectivity index (χ4n) is 2.23. The Morgan fingerprint density at radius 1 is 1.36 bits per heavy atom. The van der Waals surface area contributed by atoms with Gasteiger partial charge in [-0.2, -0.15) is 0 Å². The van der Waals surface area contributed by atoms with Gasteiger partial charge in [0.25, 0.3) is 0 Å². The molecule has 1 unspecified atom stereocenters. The number of rotatable bonds is 2. The first kappa shape index (κ1) is 9.25. The summed E-state index contributed by atoms with van der Waals surface area (Å²) >= 11 is 0. The molecule has 0 fully saturated rings. The summed E-state index contributed by atoms with van der Waals surface area (Å²) in [5.41, 5.74) is 8.04. The maximum Gasteiger partial charge on any atom is 0.217 e. The summed E-state index contributed by atoms with van der Waals surface area (Å²) in [4.78, 5) is 10.8. The molecule has 14 heavy (non-hydrogen) atoms. The minimum Gasteiger partial charge on any atom is -0.370 e. The van der Waals surface area contributed by atoms with Crippen molar-refractivity contribution in [1.29, 1.82) is 0 Å². The Balaban J connectivity index is 2.09. The molecule has 1 aliphatic rings. The molecule has 1 aromatic rings. The molecular weight excluding hydrogens is 174 g/mol. The Morgan fingerprint density at radius 2 is 2.07 bits per heavy atom. The van der Waals surface area contributed by atoms with E-state index < -0.39 is 0 Å². The van der Waals surface area contributed by atoms with Gasteiger partial charge in [-0.1, -0.05) is 24.3 Å². The van der Waals surface area contributed by atoms with Crippen LogP contribution in [0.1, 0.15) is 24.0 Å². The summed E-state index contributed by atoms with van der Waals surface area (Å²) < 4.78 is 0. The van der Waals surface area contributed by atoms with Gasteiger partial charge in [0, 0.05) is 6.42 Å². The van der Waals surface area contributed by atoms with Crippen LogP contribution >= 0.6 is 0 Å². The maximum absolute atomic E-state index is 10.8. The first-order valence-electron chi connectivity index (χ1n) is 5.11. The van der Waals surface area contributed by atoms with Crippen LogP contribution in [0.25, 0.3) is 0 Å². The summed E-state index contributed by atoms with van der Waals surface area (Å²) in [7, 11) is 0. The summed E-state index contributed by atoms with van der Waals surface area (Å²) in [6.45, 7) is 0. The zero-order valence-electron chi connectivity index (χ0n) is 8.20. The van der Waals surface area contributed by atoms with E-state index in [2.05, 4.69) is 24.3 Å². The number of primary amides is 1. The first-order valence-corrected chi connectivity index (χ1v) is 5.11. The minimum atomic E-state index is -0.172. The zero-order chi connectivity index (χ0) is 9.97. The van der Waals surface area contributed by atoms with Gasteiger partial charge >= 0.3 is 0 Å². The van der Waals surface area contributed by atoms with E-state index in [-0.39, 0.29) is 5.91 Å². The Morgan fingerprint density at radius 3 is 2.79 bits per heavy atom. The molecule has 0 aliphatic heterocycles. The van der Waals surface area contributed by atoms with Gasteiger partial charge in [-0.05, 0) is 36.3 Å². The fourth-order valence-corrected chi connectivity index (χ4v) is 2.23. The number of fused-ring (bicyclic) bond motifs is 1. The van der Waals surface area contributed by atoms with Crippen LogP contribution in [0.2, 0.25) is 0 Å². The lowest BCUT2D eigenvalue weighted by molar-refractivity contribution is -0.119. The monoisotopic (exact) mass is 189 g/mol. The van der Waals surface area contributed by atoms with Crippen molar-refractivity contribution in [2.45, 2.75) is 25.7 Å². The van der Waals surface area contributed by atoms with E-state index in [1.807, 2.05) is 0 Å². The molecule has 2 nitrogen and oxygen atoms in total.